The summed E-state index contributed by atoms with van der Waals surface area (Å²) in [4.78, 5) is 0. The lowest BCUT2D eigenvalue weighted by molar-refractivity contribution is 0.924. The second-order valence-corrected chi connectivity index (χ2v) is 1.77. The molecule has 0 heterocycles. The summed E-state index contributed by atoms with van der Waals surface area (Å²) in [5.41, 5.74) is 1.83. The van der Waals surface area contributed by atoms with E-state index >= 15 is 0 Å². The fourth-order valence-corrected chi connectivity index (χ4v) is 0.129. The average Bonchev–Trinajstić information content (AvgIpc) is 1.65. The SMILES string of the molecule is [B][B]P(F)C#C. The molecular formula is C2HB2FP. The van der Waals surface area contributed by atoms with E-state index in [1.54, 1.807) is 0 Å². The molecule has 0 bridgehead atoms. The number of hydrogen-bond acceptors (Lipinski definition) is 0. The predicted molar refractivity (Wildman–Crippen MR) is 28.4 cm³/mol. The Morgan fingerprint density at radius 2 is 2.50 bits per heavy atom. The summed E-state index contributed by atoms with van der Waals surface area (Å²) < 4.78 is 11.5. The van der Waals surface area contributed by atoms with Crippen molar-refractivity contribution < 1.29 is 4.20 Å². The van der Waals surface area contributed by atoms with Crippen molar-refractivity contribution in [1.29, 1.82) is 0 Å². The molecule has 6 heavy (non-hydrogen) atoms. The molecule has 0 nitrogen and oxygen atoms in total. The lowest BCUT2D eigenvalue weighted by atomic mass is 9.79. The number of halogens is 1. The summed E-state index contributed by atoms with van der Waals surface area (Å²) in [6, 6.07) is 0. The van der Waals surface area contributed by atoms with Crippen LogP contribution in [0.2, 0.25) is 0 Å². The molecule has 1 unspecified atom stereocenters. The van der Waals surface area contributed by atoms with E-state index < -0.39 is 8.11 Å². The third kappa shape index (κ3) is 2.30. The minimum atomic E-state index is -1.90. The van der Waals surface area contributed by atoms with Crippen molar-refractivity contribution >= 4 is 22.7 Å². The molecule has 0 aliphatic carbocycles. The molecule has 0 spiro atoms. The molecule has 0 aliphatic heterocycles. The molecule has 0 aliphatic rings. The molecule has 3 radical (unpaired) electrons. The van der Waals surface area contributed by atoms with Crippen LogP contribution in [-0.2, 0) is 0 Å². The lowest BCUT2D eigenvalue weighted by Gasteiger charge is -1.84. The van der Waals surface area contributed by atoms with Gasteiger partial charge in [0.05, 0.1) is 8.11 Å². The van der Waals surface area contributed by atoms with E-state index in [1.807, 2.05) is 5.66 Å². The van der Waals surface area contributed by atoms with Gasteiger partial charge in [0.25, 0.3) is 0 Å². The van der Waals surface area contributed by atoms with Crippen LogP contribution in [0.3, 0.4) is 0 Å². The van der Waals surface area contributed by atoms with Crippen LogP contribution in [0, 0.1) is 12.1 Å². The van der Waals surface area contributed by atoms with Gasteiger partial charge >= 0.3 is 0 Å². The quantitative estimate of drug-likeness (QED) is 0.256. The Labute approximate surface area is 40.0 Å². The lowest BCUT2D eigenvalue weighted by Crippen LogP contribution is -1.76. The van der Waals surface area contributed by atoms with E-state index in [4.69, 9.17) is 0 Å². The number of rotatable bonds is 1. The van der Waals surface area contributed by atoms with Crippen molar-refractivity contribution in [2.45, 2.75) is 0 Å². The van der Waals surface area contributed by atoms with Crippen molar-refractivity contribution in [3.05, 3.63) is 0 Å². The fourth-order valence-electron chi connectivity index (χ4n) is 0.0430. The van der Waals surface area contributed by atoms with E-state index in [9.17, 15) is 4.20 Å². The topological polar surface area (TPSA) is 0 Å². The first-order valence-corrected chi connectivity index (χ1v) is 2.57. The van der Waals surface area contributed by atoms with Crippen LogP contribution in [0.5, 0.6) is 0 Å². The third-order valence-corrected chi connectivity index (χ3v) is 0.763. The van der Waals surface area contributed by atoms with Crippen LogP contribution in [0.4, 0.5) is 4.20 Å². The maximum Gasteiger partial charge on any atom is 0.151 e. The molecule has 0 N–H and O–H groups in total. The predicted octanol–water partition coefficient (Wildman–Crippen LogP) is 0.646. The summed E-state index contributed by atoms with van der Waals surface area (Å²) in [5, 5.41) is 0. The van der Waals surface area contributed by atoms with Crippen molar-refractivity contribution in [3.63, 3.8) is 0 Å². The van der Waals surface area contributed by atoms with Gasteiger partial charge in [-0.1, -0.05) is 5.66 Å². The molecular weight excluding hydrogens is 95.6 g/mol. The van der Waals surface area contributed by atoms with Crippen LogP contribution < -0.4 is 0 Å². The van der Waals surface area contributed by atoms with E-state index in [0.29, 0.717) is 0 Å². The first kappa shape index (κ1) is 6.05. The Hall–Kier alpha value is 0.0499. The summed E-state index contributed by atoms with van der Waals surface area (Å²) in [7, 11) is 2.77. The van der Waals surface area contributed by atoms with E-state index in [2.05, 4.69) is 14.2 Å². The van der Waals surface area contributed by atoms with Crippen LogP contribution >= 0.6 is 8.11 Å². The van der Waals surface area contributed by atoms with Crippen molar-refractivity contribution in [1.82, 2.24) is 0 Å². The minimum absolute atomic E-state index is 0.884. The zero-order valence-corrected chi connectivity index (χ0v) is 3.95. The molecule has 0 fully saturated rings. The maximum absolute atomic E-state index is 11.5. The zero-order valence-electron chi connectivity index (χ0n) is 3.06. The molecule has 0 aromatic rings. The smallest absolute Gasteiger partial charge is 0.151 e. The molecule has 1 atom stereocenters. The highest BCUT2D eigenvalue weighted by molar-refractivity contribution is 7.91. The standard InChI is InChI=1S/C2HB2FP/c1-2-6(5)4-3/h1H. The van der Waals surface area contributed by atoms with Crippen LogP contribution in [0.25, 0.3) is 0 Å². The van der Waals surface area contributed by atoms with Gasteiger partial charge in [0.1, 0.15) is 0 Å². The summed E-state index contributed by atoms with van der Waals surface area (Å²) in [6.07, 6.45) is 4.58. The van der Waals surface area contributed by atoms with Gasteiger partial charge in [-0.3, -0.25) is 0 Å². The van der Waals surface area contributed by atoms with Crippen LogP contribution in [-0.4, -0.2) is 14.6 Å². The number of hydrogen-bond donors (Lipinski definition) is 0. The van der Waals surface area contributed by atoms with E-state index in [0.717, 1.165) is 6.89 Å². The largest absolute Gasteiger partial charge is 0.226 e. The Balaban J connectivity index is 3.04. The van der Waals surface area contributed by atoms with Crippen LogP contribution in [0.1, 0.15) is 0 Å². The van der Waals surface area contributed by atoms with E-state index in [1.165, 1.54) is 0 Å². The third-order valence-electron chi connectivity index (χ3n) is 0.254. The fraction of sp³-hybridized carbons (Fsp3) is 0. The normalized spacial score (nSPS) is 12.0. The van der Waals surface area contributed by atoms with Gasteiger partial charge in [-0.05, 0) is 0 Å². The first-order chi connectivity index (χ1) is 2.81. The highest BCUT2D eigenvalue weighted by atomic mass is 31.2. The van der Waals surface area contributed by atoms with Gasteiger partial charge in [0.15, 0.2) is 6.89 Å². The molecule has 0 aromatic heterocycles. The first-order valence-electron chi connectivity index (χ1n) is 1.27. The van der Waals surface area contributed by atoms with Gasteiger partial charge < -0.3 is 0 Å². The van der Waals surface area contributed by atoms with Gasteiger partial charge in [-0.2, -0.15) is 0 Å². The number of terminal acetylenes is 1. The minimum Gasteiger partial charge on any atom is -0.226 e. The highest BCUT2D eigenvalue weighted by Crippen LogP contribution is 2.30. The molecule has 0 saturated heterocycles. The summed E-state index contributed by atoms with van der Waals surface area (Å²) in [5.74, 6) is 0. The van der Waals surface area contributed by atoms with Gasteiger partial charge in [-0.15, -0.1) is 6.42 Å². The summed E-state index contributed by atoms with van der Waals surface area (Å²) >= 11 is 0. The Bertz CT molecular complexity index is 68.4. The van der Waals surface area contributed by atoms with Gasteiger partial charge in [-0.25, -0.2) is 4.20 Å². The second-order valence-electron chi connectivity index (χ2n) is 0.589. The van der Waals surface area contributed by atoms with E-state index in [-0.39, 0.29) is 0 Å². The van der Waals surface area contributed by atoms with Crippen molar-refractivity contribution in [2.75, 3.05) is 0 Å². The molecule has 0 amide bonds. The molecule has 0 aromatic carbocycles. The van der Waals surface area contributed by atoms with Gasteiger partial charge in [0.2, 0.25) is 0 Å². The monoisotopic (exact) mass is 97.0 g/mol. The zero-order chi connectivity index (χ0) is 4.99. The molecule has 0 rings (SSSR count). The average molecular weight is 96.6 g/mol. The van der Waals surface area contributed by atoms with Crippen molar-refractivity contribution in [2.24, 2.45) is 0 Å². The van der Waals surface area contributed by atoms with Crippen molar-refractivity contribution in [3.8, 4) is 12.1 Å². The maximum atomic E-state index is 11.5. The Kier molecular flexibility index (Phi) is 3.27. The molecule has 27 valence electrons. The highest BCUT2D eigenvalue weighted by Gasteiger charge is 1.92. The molecule has 4 heteroatoms. The summed E-state index contributed by atoms with van der Waals surface area (Å²) in [6.45, 7) is 0.884. The molecule has 0 saturated carbocycles. The Morgan fingerprint density at radius 3 is 2.50 bits per heavy atom. The van der Waals surface area contributed by atoms with Gasteiger partial charge in [0, 0.05) is 7.74 Å². The second kappa shape index (κ2) is 3.25. The Morgan fingerprint density at radius 1 is 2.00 bits per heavy atom. The van der Waals surface area contributed by atoms with Crippen LogP contribution in [0.15, 0.2) is 0 Å².